The molecule has 0 aliphatic carbocycles. The fourth-order valence-corrected chi connectivity index (χ4v) is 5.31. The lowest BCUT2D eigenvalue weighted by molar-refractivity contribution is -0.139. The van der Waals surface area contributed by atoms with Crippen molar-refractivity contribution in [2.24, 2.45) is 0 Å². The second-order valence-corrected chi connectivity index (χ2v) is 8.83. The molecule has 1 unspecified atom stereocenters. The Labute approximate surface area is 173 Å². The van der Waals surface area contributed by atoms with Crippen molar-refractivity contribution in [3.63, 3.8) is 0 Å². The zero-order chi connectivity index (χ0) is 19.3. The molecule has 1 atom stereocenters. The molecule has 28 heavy (non-hydrogen) atoms. The standard InChI is InChI=1S/C24H20O2S2/c1-26-24(25)23(28-22-13-11-18-7-3-5-9-20(18)15-22)16-27-21-12-10-17-6-2-4-8-19(17)14-21/h2-15,23H,16H2,1H3. The number of fused-ring (bicyclic) bond motifs is 2. The van der Waals surface area contributed by atoms with Crippen LogP contribution in [0.1, 0.15) is 0 Å². The number of ether oxygens (including phenoxy) is 1. The van der Waals surface area contributed by atoms with Crippen molar-refractivity contribution >= 4 is 51.0 Å². The van der Waals surface area contributed by atoms with Gasteiger partial charge in [0.05, 0.1) is 7.11 Å². The molecule has 0 spiro atoms. The summed E-state index contributed by atoms with van der Waals surface area (Å²) in [6.45, 7) is 0. The number of thioether (sulfide) groups is 2. The topological polar surface area (TPSA) is 26.3 Å². The highest BCUT2D eigenvalue weighted by Gasteiger charge is 2.21. The molecule has 2 nitrogen and oxygen atoms in total. The lowest BCUT2D eigenvalue weighted by Gasteiger charge is -2.15. The number of methoxy groups -OCH3 is 1. The maximum absolute atomic E-state index is 12.4. The minimum absolute atomic E-state index is 0.188. The van der Waals surface area contributed by atoms with Crippen LogP contribution >= 0.6 is 23.5 Å². The van der Waals surface area contributed by atoms with E-state index in [9.17, 15) is 4.79 Å². The summed E-state index contributed by atoms with van der Waals surface area (Å²) in [5, 5.41) is 4.55. The monoisotopic (exact) mass is 404 g/mol. The first-order valence-electron chi connectivity index (χ1n) is 9.08. The summed E-state index contributed by atoms with van der Waals surface area (Å²) < 4.78 is 5.06. The molecular weight excluding hydrogens is 384 g/mol. The molecule has 0 bridgehead atoms. The van der Waals surface area contributed by atoms with Gasteiger partial charge in [0.2, 0.25) is 0 Å². The maximum Gasteiger partial charge on any atom is 0.320 e. The average molecular weight is 405 g/mol. The van der Waals surface area contributed by atoms with E-state index < -0.39 is 0 Å². The molecule has 0 amide bonds. The molecule has 0 heterocycles. The van der Waals surface area contributed by atoms with Crippen LogP contribution in [-0.2, 0) is 9.53 Å². The highest BCUT2D eigenvalue weighted by molar-refractivity contribution is 8.04. The molecule has 4 aromatic carbocycles. The SMILES string of the molecule is COC(=O)C(CSc1ccc2ccccc2c1)Sc1ccc2ccccc2c1. The molecule has 0 radical (unpaired) electrons. The van der Waals surface area contributed by atoms with Crippen LogP contribution in [0.4, 0.5) is 0 Å². The summed E-state index contributed by atoms with van der Waals surface area (Å²) >= 11 is 3.25. The molecule has 0 aliphatic rings. The summed E-state index contributed by atoms with van der Waals surface area (Å²) in [7, 11) is 1.46. The van der Waals surface area contributed by atoms with Crippen LogP contribution in [-0.4, -0.2) is 24.1 Å². The number of esters is 1. The van der Waals surface area contributed by atoms with Crippen LogP contribution in [0.2, 0.25) is 0 Å². The summed E-state index contributed by atoms with van der Waals surface area (Å²) in [6, 6.07) is 29.3. The first kappa shape index (κ1) is 18.9. The van der Waals surface area contributed by atoms with Crippen LogP contribution in [0.15, 0.2) is 94.7 Å². The van der Waals surface area contributed by atoms with Crippen molar-refractivity contribution in [1.29, 1.82) is 0 Å². The Balaban J connectivity index is 1.51. The number of carbonyl (C=O) groups excluding carboxylic acids is 1. The average Bonchev–Trinajstić information content (AvgIpc) is 2.75. The van der Waals surface area contributed by atoms with Gasteiger partial charge in [-0.1, -0.05) is 60.7 Å². The van der Waals surface area contributed by atoms with Gasteiger partial charge in [-0.2, -0.15) is 0 Å². The first-order valence-corrected chi connectivity index (χ1v) is 10.9. The third-order valence-electron chi connectivity index (χ3n) is 4.59. The van der Waals surface area contributed by atoms with E-state index in [-0.39, 0.29) is 11.2 Å². The van der Waals surface area contributed by atoms with Crippen LogP contribution in [0, 0.1) is 0 Å². The third kappa shape index (κ3) is 4.34. The van der Waals surface area contributed by atoms with Crippen molar-refractivity contribution in [1.82, 2.24) is 0 Å². The minimum atomic E-state index is -0.261. The van der Waals surface area contributed by atoms with Gasteiger partial charge < -0.3 is 4.74 Å². The van der Waals surface area contributed by atoms with E-state index in [2.05, 4.69) is 60.7 Å². The highest BCUT2D eigenvalue weighted by atomic mass is 32.2. The van der Waals surface area contributed by atoms with E-state index in [0.29, 0.717) is 5.75 Å². The number of rotatable bonds is 6. The lowest BCUT2D eigenvalue weighted by atomic mass is 10.1. The van der Waals surface area contributed by atoms with Crippen molar-refractivity contribution in [2.45, 2.75) is 15.0 Å². The predicted molar refractivity (Wildman–Crippen MR) is 120 cm³/mol. The summed E-state index contributed by atoms with van der Waals surface area (Å²) in [5.74, 6) is 0.467. The van der Waals surface area contributed by atoms with Crippen molar-refractivity contribution in [3.05, 3.63) is 84.9 Å². The Bertz CT molecular complexity index is 1120. The van der Waals surface area contributed by atoms with Crippen LogP contribution in [0.3, 0.4) is 0 Å². The van der Waals surface area contributed by atoms with Gasteiger partial charge in [0, 0.05) is 15.5 Å². The quantitative estimate of drug-likeness (QED) is 0.274. The number of hydrogen-bond donors (Lipinski definition) is 0. The van der Waals surface area contributed by atoms with E-state index in [1.54, 1.807) is 23.5 Å². The van der Waals surface area contributed by atoms with E-state index >= 15 is 0 Å². The van der Waals surface area contributed by atoms with E-state index in [4.69, 9.17) is 4.74 Å². The van der Waals surface area contributed by atoms with Crippen LogP contribution < -0.4 is 0 Å². The predicted octanol–water partition coefficient (Wildman–Crippen LogP) is 6.42. The Kier molecular flexibility index (Phi) is 5.89. The summed E-state index contributed by atoms with van der Waals surface area (Å²) in [5.41, 5.74) is 0. The van der Waals surface area contributed by atoms with E-state index in [1.807, 2.05) is 24.3 Å². The smallest absolute Gasteiger partial charge is 0.320 e. The first-order chi connectivity index (χ1) is 13.7. The van der Waals surface area contributed by atoms with Gasteiger partial charge >= 0.3 is 5.97 Å². The number of benzene rings is 4. The Morgan fingerprint density at radius 2 is 1.32 bits per heavy atom. The highest BCUT2D eigenvalue weighted by Crippen LogP contribution is 2.32. The normalized spacial score (nSPS) is 12.2. The van der Waals surface area contributed by atoms with E-state index in [0.717, 1.165) is 9.79 Å². The van der Waals surface area contributed by atoms with Gasteiger partial charge in [0.25, 0.3) is 0 Å². The van der Waals surface area contributed by atoms with Crippen molar-refractivity contribution in [3.8, 4) is 0 Å². The molecule has 0 saturated carbocycles. The molecule has 4 rings (SSSR count). The third-order valence-corrected chi connectivity index (χ3v) is 7.05. The van der Waals surface area contributed by atoms with Crippen LogP contribution in [0.25, 0.3) is 21.5 Å². The molecule has 0 aliphatic heterocycles. The molecule has 4 aromatic rings. The molecule has 0 saturated heterocycles. The number of carbonyl (C=O) groups is 1. The molecule has 0 fully saturated rings. The summed E-state index contributed by atoms with van der Waals surface area (Å²) in [4.78, 5) is 14.6. The Hall–Kier alpha value is -2.43. The number of hydrogen-bond acceptors (Lipinski definition) is 4. The molecule has 4 heteroatoms. The van der Waals surface area contributed by atoms with E-state index in [1.165, 1.54) is 28.7 Å². The molecular formula is C24H20O2S2. The molecule has 0 N–H and O–H groups in total. The van der Waals surface area contributed by atoms with Crippen molar-refractivity contribution in [2.75, 3.05) is 12.9 Å². The second-order valence-electron chi connectivity index (χ2n) is 6.46. The second kappa shape index (κ2) is 8.72. The zero-order valence-corrected chi connectivity index (χ0v) is 17.1. The van der Waals surface area contributed by atoms with Crippen LogP contribution in [0.5, 0.6) is 0 Å². The van der Waals surface area contributed by atoms with Gasteiger partial charge in [-0.3, -0.25) is 4.79 Å². The summed E-state index contributed by atoms with van der Waals surface area (Å²) in [6.07, 6.45) is 0. The fourth-order valence-electron chi connectivity index (χ4n) is 3.12. The largest absolute Gasteiger partial charge is 0.468 e. The van der Waals surface area contributed by atoms with Gasteiger partial charge in [-0.15, -0.1) is 23.5 Å². The van der Waals surface area contributed by atoms with Gasteiger partial charge in [0.15, 0.2) is 0 Å². The Morgan fingerprint density at radius 3 is 1.93 bits per heavy atom. The van der Waals surface area contributed by atoms with Crippen molar-refractivity contribution < 1.29 is 9.53 Å². The van der Waals surface area contributed by atoms with Gasteiger partial charge in [-0.25, -0.2) is 0 Å². The maximum atomic E-state index is 12.4. The molecule has 140 valence electrons. The zero-order valence-electron chi connectivity index (χ0n) is 15.5. The van der Waals surface area contributed by atoms with Gasteiger partial charge in [-0.05, 0) is 45.8 Å². The Morgan fingerprint density at radius 1 is 0.786 bits per heavy atom. The fraction of sp³-hybridized carbons (Fsp3) is 0.125. The van der Waals surface area contributed by atoms with Gasteiger partial charge in [0.1, 0.15) is 5.25 Å². The minimum Gasteiger partial charge on any atom is -0.468 e. The molecule has 0 aromatic heterocycles. The lowest BCUT2D eigenvalue weighted by Crippen LogP contribution is -2.21.